The zero-order valence-corrected chi connectivity index (χ0v) is 13.8. The third-order valence-corrected chi connectivity index (χ3v) is 3.32. The molecule has 1 heterocycles. The lowest BCUT2D eigenvalue weighted by atomic mass is 10.1. The van der Waals surface area contributed by atoms with Gasteiger partial charge in [-0.1, -0.05) is 5.11 Å². The standard InChI is InChI=1S/C14H25N5O3/c1-14(2,3)22-13(21)18(4)6-5-7-19-10-11(8-12(19)20)9-16-17-15/h11H,5-10H2,1-4H3. The van der Waals surface area contributed by atoms with Crippen LogP contribution in [0, 0.1) is 5.92 Å². The molecule has 124 valence electrons. The predicted octanol–water partition coefficient (Wildman–Crippen LogP) is 2.40. The molecule has 1 aliphatic rings. The van der Waals surface area contributed by atoms with Crippen molar-refractivity contribution in [3.63, 3.8) is 0 Å². The van der Waals surface area contributed by atoms with E-state index < -0.39 is 5.60 Å². The summed E-state index contributed by atoms with van der Waals surface area (Å²) >= 11 is 0. The Morgan fingerprint density at radius 2 is 2.23 bits per heavy atom. The third-order valence-electron chi connectivity index (χ3n) is 3.32. The number of ether oxygens (including phenoxy) is 1. The molecule has 1 atom stereocenters. The van der Waals surface area contributed by atoms with Gasteiger partial charge >= 0.3 is 6.09 Å². The second kappa shape index (κ2) is 7.89. The van der Waals surface area contributed by atoms with E-state index in [1.54, 1.807) is 11.9 Å². The number of hydrogen-bond donors (Lipinski definition) is 0. The lowest BCUT2D eigenvalue weighted by Gasteiger charge is -2.25. The topological polar surface area (TPSA) is 98.6 Å². The maximum absolute atomic E-state index is 11.8. The van der Waals surface area contributed by atoms with E-state index >= 15 is 0 Å². The molecule has 1 unspecified atom stereocenters. The van der Waals surface area contributed by atoms with E-state index in [9.17, 15) is 9.59 Å². The molecule has 0 aromatic carbocycles. The molecule has 1 saturated heterocycles. The molecule has 1 rings (SSSR count). The van der Waals surface area contributed by atoms with Gasteiger partial charge in [0.25, 0.3) is 0 Å². The van der Waals surface area contributed by atoms with Crippen LogP contribution >= 0.6 is 0 Å². The highest BCUT2D eigenvalue weighted by atomic mass is 16.6. The van der Waals surface area contributed by atoms with Crippen molar-refractivity contribution in [2.24, 2.45) is 11.0 Å². The average Bonchev–Trinajstić information content (AvgIpc) is 2.75. The van der Waals surface area contributed by atoms with Crippen molar-refractivity contribution in [1.29, 1.82) is 0 Å². The smallest absolute Gasteiger partial charge is 0.410 e. The molecule has 0 aromatic rings. The van der Waals surface area contributed by atoms with Crippen LogP contribution in [-0.4, -0.2) is 60.6 Å². The van der Waals surface area contributed by atoms with Crippen molar-refractivity contribution >= 4 is 12.0 Å². The predicted molar refractivity (Wildman–Crippen MR) is 82.2 cm³/mol. The second-order valence-electron chi connectivity index (χ2n) is 6.58. The Hall–Kier alpha value is -1.95. The third kappa shape index (κ3) is 6.22. The summed E-state index contributed by atoms with van der Waals surface area (Å²) in [4.78, 5) is 29.6. The summed E-state index contributed by atoms with van der Waals surface area (Å²) in [6.45, 7) is 7.57. The maximum Gasteiger partial charge on any atom is 0.410 e. The van der Waals surface area contributed by atoms with Gasteiger partial charge in [-0.15, -0.1) is 0 Å². The number of carbonyl (C=O) groups excluding carboxylic acids is 2. The van der Waals surface area contributed by atoms with Crippen LogP contribution in [0.25, 0.3) is 10.4 Å². The molecule has 1 aliphatic heterocycles. The second-order valence-corrected chi connectivity index (χ2v) is 6.58. The van der Waals surface area contributed by atoms with Gasteiger partial charge in [0.15, 0.2) is 0 Å². The monoisotopic (exact) mass is 311 g/mol. The fourth-order valence-electron chi connectivity index (χ4n) is 2.27. The highest BCUT2D eigenvalue weighted by molar-refractivity contribution is 5.78. The minimum absolute atomic E-state index is 0.0815. The van der Waals surface area contributed by atoms with Crippen LogP contribution in [0.5, 0.6) is 0 Å². The number of hydrogen-bond acceptors (Lipinski definition) is 4. The Morgan fingerprint density at radius 1 is 1.55 bits per heavy atom. The zero-order chi connectivity index (χ0) is 16.8. The van der Waals surface area contributed by atoms with Crippen molar-refractivity contribution in [3.8, 4) is 0 Å². The van der Waals surface area contributed by atoms with E-state index in [-0.39, 0.29) is 17.9 Å². The summed E-state index contributed by atoms with van der Waals surface area (Å²) in [6.07, 6.45) is 0.762. The first-order chi connectivity index (χ1) is 10.2. The first kappa shape index (κ1) is 18.1. The molecule has 2 amide bonds. The van der Waals surface area contributed by atoms with Gasteiger partial charge in [-0.05, 0) is 38.6 Å². The maximum atomic E-state index is 11.8. The summed E-state index contributed by atoms with van der Waals surface area (Å²) < 4.78 is 5.26. The quantitative estimate of drug-likeness (QED) is 0.428. The van der Waals surface area contributed by atoms with Crippen molar-refractivity contribution in [2.45, 2.75) is 39.2 Å². The first-order valence-electron chi connectivity index (χ1n) is 7.45. The summed E-state index contributed by atoms with van der Waals surface area (Å²) in [5, 5.41) is 3.52. The van der Waals surface area contributed by atoms with Gasteiger partial charge in [0.2, 0.25) is 5.91 Å². The van der Waals surface area contributed by atoms with Crippen LogP contribution < -0.4 is 0 Å². The van der Waals surface area contributed by atoms with Crippen molar-refractivity contribution in [1.82, 2.24) is 9.80 Å². The van der Waals surface area contributed by atoms with E-state index in [0.29, 0.717) is 39.0 Å². The minimum Gasteiger partial charge on any atom is -0.444 e. The van der Waals surface area contributed by atoms with E-state index in [2.05, 4.69) is 10.0 Å². The molecule has 22 heavy (non-hydrogen) atoms. The van der Waals surface area contributed by atoms with E-state index in [1.807, 2.05) is 20.8 Å². The summed E-state index contributed by atoms with van der Waals surface area (Å²) in [5.74, 6) is 0.185. The van der Waals surface area contributed by atoms with Crippen LogP contribution in [0.2, 0.25) is 0 Å². The summed E-state index contributed by atoms with van der Waals surface area (Å²) in [5.41, 5.74) is 7.79. The molecule has 0 bridgehead atoms. The zero-order valence-electron chi connectivity index (χ0n) is 13.8. The fraction of sp³-hybridized carbons (Fsp3) is 0.857. The summed E-state index contributed by atoms with van der Waals surface area (Å²) in [7, 11) is 1.68. The van der Waals surface area contributed by atoms with E-state index in [0.717, 1.165) is 0 Å². The molecule has 0 aromatic heterocycles. The average molecular weight is 311 g/mol. The molecule has 0 aliphatic carbocycles. The van der Waals surface area contributed by atoms with Crippen LogP contribution in [0.4, 0.5) is 4.79 Å². The Morgan fingerprint density at radius 3 is 2.82 bits per heavy atom. The molecular weight excluding hydrogens is 286 g/mol. The van der Waals surface area contributed by atoms with E-state index in [1.165, 1.54) is 4.90 Å². The molecule has 0 N–H and O–H groups in total. The number of amides is 2. The number of carbonyl (C=O) groups is 2. The first-order valence-corrected chi connectivity index (χ1v) is 7.45. The van der Waals surface area contributed by atoms with Crippen LogP contribution in [0.15, 0.2) is 5.11 Å². The molecule has 0 radical (unpaired) electrons. The van der Waals surface area contributed by atoms with Gasteiger partial charge in [-0.3, -0.25) is 4.79 Å². The molecular formula is C14H25N5O3. The molecule has 0 saturated carbocycles. The number of nitrogens with zero attached hydrogens (tertiary/aromatic N) is 5. The lowest BCUT2D eigenvalue weighted by molar-refractivity contribution is -0.127. The van der Waals surface area contributed by atoms with Gasteiger partial charge in [-0.25, -0.2) is 4.79 Å². The highest BCUT2D eigenvalue weighted by Crippen LogP contribution is 2.18. The lowest BCUT2D eigenvalue weighted by Crippen LogP contribution is -2.36. The van der Waals surface area contributed by atoms with Crippen LogP contribution in [0.3, 0.4) is 0 Å². The van der Waals surface area contributed by atoms with Gasteiger partial charge in [0, 0.05) is 44.6 Å². The number of rotatable bonds is 6. The van der Waals surface area contributed by atoms with Crippen molar-refractivity contribution in [2.75, 3.05) is 33.2 Å². The molecule has 8 heteroatoms. The Bertz CT molecular complexity index is 454. The van der Waals surface area contributed by atoms with Gasteiger partial charge in [0.05, 0.1) is 0 Å². The molecule has 0 spiro atoms. The van der Waals surface area contributed by atoms with Crippen molar-refractivity contribution in [3.05, 3.63) is 10.4 Å². The Kier molecular flexibility index (Phi) is 6.49. The number of likely N-dealkylation sites (tertiary alicyclic amines) is 1. The fourth-order valence-corrected chi connectivity index (χ4v) is 2.27. The van der Waals surface area contributed by atoms with Gasteiger partial charge in [-0.2, -0.15) is 0 Å². The Balaban J connectivity index is 2.30. The molecule has 1 fully saturated rings. The van der Waals surface area contributed by atoms with Crippen LogP contribution in [-0.2, 0) is 9.53 Å². The Labute approximate surface area is 131 Å². The SMILES string of the molecule is CN(CCCN1CC(CN=[N+]=[N-])CC1=O)C(=O)OC(C)(C)C. The van der Waals surface area contributed by atoms with Crippen molar-refractivity contribution < 1.29 is 14.3 Å². The normalized spacial score (nSPS) is 18.1. The van der Waals surface area contributed by atoms with Gasteiger partial charge in [0.1, 0.15) is 5.60 Å². The number of azide groups is 1. The molecule has 8 nitrogen and oxygen atoms in total. The summed E-state index contributed by atoms with van der Waals surface area (Å²) in [6, 6.07) is 0. The van der Waals surface area contributed by atoms with E-state index in [4.69, 9.17) is 10.3 Å². The minimum atomic E-state index is -0.509. The van der Waals surface area contributed by atoms with Crippen LogP contribution in [0.1, 0.15) is 33.6 Å². The largest absolute Gasteiger partial charge is 0.444 e. The highest BCUT2D eigenvalue weighted by Gasteiger charge is 2.28. The van der Waals surface area contributed by atoms with Gasteiger partial charge < -0.3 is 14.5 Å².